The molecule has 98 valence electrons. The number of benzene rings is 1. The summed E-state index contributed by atoms with van der Waals surface area (Å²) in [5.74, 6) is -0.338. The third-order valence-electron chi connectivity index (χ3n) is 3.08. The summed E-state index contributed by atoms with van der Waals surface area (Å²) in [5.41, 5.74) is 1.50. The zero-order valence-electron chi connectivity index (χ0n) is 11.3. The molecule has 0 bridgehead atoms. The van der Waals surface area contributed by atoms with Gasteiger partial charge in [0.2, 0.25) is 0 Å². The van der Waals surface area contributed by atoms with Crippen molar-refractivity contribution in [1.82, 2.24) is 9.55 Å². The van der Waals surface area contributed by atoms with E-state index < -0.39 is 5.97 Å². The summed E-state index contributed by atoms with van der Waals surface area (Å²) in [6.45, 7) is 1.12. The third-order valence-corrected chi connectivity index (χ3v) is 3.08. The molecule has 0 saturated carbocycles. The van der Waals surface area contributed by atoms with Gasteiger partial charge in [0.05, 0.1) is 37.8 Å². The van der Waals surface area contributed by atoms with Crippen LogP contribution in [0.15, 0.2) is 24.7 Å². The van der Waals surface area contributed by atoms with Crippen LogP contribution in [0, 0.1) is 0 Å². The van der Waals surface area contributed by atoms with Crippen LogP contribution in [-0.2, 0) is 6.54 Å². The molecule has 2 aromatic rings. The number of methoxy groups -OCH3 is 1. The number of carboxylic acids is 1. The number of carbonyl (C=O) groups is 1. The van der Waals surface area contributed by atoms with Crippen LogP contribution in [0.1, 0.15) is 10.4 Å². The van der Waals surface area contributed by atoms with Crippen LogP contribution in [0.5, 0.6) is 11.5 Å². The van der Waals surface area contributed by atoms with Gasteiger partial charge in [0.15, 0.2) is 11.5 Å². The van der Waals surface area contributed by atoms with E-state index in [0.717, 1.165) is 5.69 Å². The molecule has 1 aromatic carbocycles. The first kappa shape index (κ1) is 14.5. The predicted octanol–water partition coefficient (Wildman–Crippen LogP) is -2.68. The Morgan fingerprint density at radius 3 is 3.00 bits per heavy atom. The molecule has 0 spiro atoms. The molecule has 3 rings (SSSR count). The average Bonchev–Trinajstić information content (AvgIpc) is 2.80. The van der Waals surface area contributed by atoms with Gasteiger partial charge in [-0.3, -0.25) is 0 Å². The minimum Gasteiger partial charge on any atom is -0.545 e. The minimum atomic E-state index is -1.25. The molecular weight excluding hydrogens is 255 g/mol. The normalized spacial score (nSPS) is 12.2. The Labute approximate surface area is 127 Å². The zero-order chi connectivity index (χ0) is 13.4. The molecule has 0 N–H and O–H groups in total. The third kappa shape index (κ3) is 2.28. The molecule has 0 fully saturated rings. The van der Waals surface area contributed by atoms with Gasteiger partial charge in [0, 0.05) is 11.1 Å². The Bertz CT molecular complexity index is 654. The van der Waals surface area contributed by atoms with Gasteiger partial charge >= 0.3 is 18.9 Å². The number of carbonyl (C=O) groups excluding carboxylic acids is 1. The Hall–Kier alpha value is -1.90. The average molecular weight is 266 g/mol. The van der Waals surface area contributed by atoms with Crippen molar-refractivity contribution in [3.05, 3.63) is 30.2 Å². The van der Waals surface area contributed by atoms with Gasteiger partial charge in [0.25, 0.3) is 0 Å². The van der Waals surface area contributed by atoms with Crippen molar-refractivity contribution in [3.63, 3.8) is 0 Å². The van der Waals surface area contributed by atoms with Crippen molar-refractivity contribution in [3.8, 4) is 22.8 Å². The van der Waals surface area contributed by atoms with Gasteiger partial charge < -0.3 is 23.9 Å². The molecule has 1 aliphatic rings. The van der Waals surface area contributed by atoms with Crippen LogP contribution in [0.4, 0.5) is 0 Å². The van der Waals surface area contributed by atoms with Crippen LogP contribution in [0.2, 0.25) is 0 Å². The van der Waals surface area contributed by atoms with Crippen molar-refractivity contribution >= 4 is 5.97 Å². The molecule has 0 saturated heterocycles. The number of fused-ring (bicyclic) bond motifs is 3. The standard InChI is InChI=1S/C13H12N2O4.Li/c1-18-11-5-8(13(16)17)4-9-10-6-14-7-15(10)2-3-19-12(9)11;/h4-7H,2-3H2,1H3,(H,16,17);/q;+1/p-1. The van der Waals surface area contributed by atoms with Gasteiger partial charge in [-0.05, 0) is 12.1 Å². The smallest absolute Gasteiger partial charge is 0.545 e. The summed E-state index contributed by atoms with van der Waals surface area (Å²) >= 11 is 0. The van der Waals surface area contributed by atoms with Crippen LogP contribution in [0.25, 0.3) is 11.3 Å². The maximum absolute atomic E-state index is 11.1. The summed E-state index contributed by atoms with van der Waals surface area (Å²) < 4.78 is 12.8. The van der Waals surface area contributed by atoms with Crippen LogP contribution < -0.4 is 33.4 Å². The van der Waals surface area contributed by atoms with E-state index in [1.165, 1.54) is 19.2 Å². The molecule has 6 nitrogen and oxygen atoms in total. The van der Waals surface area contributed by atoms with E-state index in [-0.39, 0.29) is 24.4 Å². The van der Waals surface area contributed by atoms with E-state index in [1.54, 1.807) is 12.5 Å². The van der Waals surface area contributed by atoms with E-state index >= 15 is 0 Å². The zero-order valence-corrected chi connectivity index (χ0v) is 11.3. The van der Waals surface area contributed by atoms with Crippen LogP contribution in [0.3, 0.4) is 0 Å². The number of ether oxygens (including phenoxy) is 2. The van der Waals surface area contributed by atoms with Crippen molar-refractivity contribution in [2.75, 3.05) is 13.7 Å². The summed E-state index contributed by atoms with van der Waals surface area (Å²) in [6.07, 6.45) is 3.36. The Morgan fingerprint density at radius 1 is 1.50 bits per heavy atom. The van der Waals surface area contributed by atoms with Crippen molar-refractivity contribution in [2.45, 2.75) is 6.54 Å². The summed E-state index contributed by atoms with van der Waals surface area (Å²) in [7, 11) is 1.47. The number of imidazole rings is 1. The molecule has 0 atom stereocenters. The predicted molar refractivity (Wildman–Crippen MR) is 64.0 cm³/mol. The molecule has 0 aliphatic carbocycles. The molecule has 1 aromatic heterocycles. The fourth-order valence-corrected chi connectivity index (χ4v) is 2.18. The minimum absolute atomic E-state index is 0. The van der Waals surface area contributed by atoms with Gasteiger partial charge in [-0.1, -0.05) is 0 Å². The maximum Gasteiger partial charge on any atom is 1.00 e. The number of aromatic nitrogens is 2. The summed E-state index contributed by atoms with van der Waals surface area (Å²) in [4.78, 5) is 15.1. The fourth-order valence-electron chi connectivity index (χ4n) is 2.18. The monoisotopic (exact) mass is 266 g/mol. The maximum atomic E-state index is 11.1. The number of hydrogen-bond donors (Lipinski definition) is 0. The van der Waals surface area contributed by atoms with Crippen LogP contribution in [-0.4, -0.2) is 29.2 Å². The topological polar surface area (TPSA) is 76.4 Å². The SMILES string of the molecule is COc1cc(C(=O)[O-])cc2c1OCCn1cncc1-2.[Li+]. The molecule has 0 unspecified atom stereocenters. The quantitative estimate of drug-likeness (QED) is 0.554. The molecule has 0 radical (unpaired) electrons. The molecule has 0 amide bonds. The second-order valence-corrected chi connectivity index (χ2v) is 4.16. The van der Waals surface area contributed by atoms with E-state index in [9.17, 15) is 9.90 Å². The van der Waals surface area contributed by atoms with Gasteiger partial charge in [0.1, 0.15) is 6.61 Å². The number of aromatic carboxylic acids is 1. The van der Waals surface area contributed by atoms with Crippen LogP contribution >= 0.6 is 0 Å². The van der Waals surface area contributed by atoms with Gasteiger partial charge in [-0.25, -0.2) is 4.98 Å². The number of hydrogen-bond acceptors (Lipinski definition) is 5. The molecule has 2 heterocycles. The molecule has 7 heteroatoms. The molecule has 20 heavy (non-hydrogen) atoms. The van der Waals surface area contributed by atoms with E-state index in [0.29, 0.717) is 30.2 Å². The van der Waals surface area contributed by atoms with Gasteiger partial charge in [-0.2, -0.15) is 0 Å². The largest absolute Gasteiger partial charge is 1.00 e. The van der Waals surface area contributed by atoms with E-state index in [1.807, 2.05) is 4.57 Å². The summed E-state index contributed by atoms with van der Waals surface area (Å²) in [6, 6.07) is 2.92. The fraction of sp³-hybridized carbons (Fsp3) is 0.231. The van der Waals surface area contributed by atoms with E-state index in [2.05, 4.69) is 4.98 Å². The van der Waals surface area contributed by atoms with Gasteiger partial charge in [-0.15, -0.1) is 0 Å². The first-order valence-electron chi connectivity index (χ1n) is 5.77. The van der Waals surface area contributed by atoms with Crippen molar-refractivity contribution in [2.24, 2.45) is 0 Å². The Balaban J connectivity index is 0.00000147. The second kappa shape index (κ2) is 5.61. The first-order valence-corrected chi connectivity index (χ1v) is 5.77. The number of rotatable bonds is 2. The Kier molecular flexibility index (Phi) is 4.07. The molecule has 1 aliphatic heterocycles. The molecular formula is C13H11LiN2O4. The Morgan fingerprint density at radius 2 is 2.30 bits per heavy atom. The van der Waals surface area contributed by atoms with Crippen molar-refractivity contribution < 1.29 is 38.2 Å². The summed E-state index contributed by atoms with van der Waals surface area (Å²) in [5, 5.41) is 11.1. The van der Waals surface area contributed by atoms with E-state index in [4.69, 9.17) is 9.47 Å². The number of nitrogens with zero attached hydrogens (tertiary/aromatic N) is 2. The first-order chi connectivity index (χ1) is 9.20. The van der Waals surface area contributed by atoms with Crippen molar-refractivity contribution in [1.29, 1.82) is 0 Å². The number of carboxylic acid groups (broad SMARTS) is 1. The second-order valence-electron chi connectivity index (χ2n) is 4.16.